The van der Waals surface area contributed by atoms with E-state index in [0.717, 1.165) is 5.56 Å². The largest absolute Gasteiger partial charge is 0.477 e. The minimum absolute atomic E-state index is 0.0205. The van der Waals surface area contributed by atoms with Crippen LogP contribution in [0.1, 0.15) is 35.3 Å². The van der Waals surface area contributed by atoms with Crippen molar-refractivity contribution >= 4 is 11.8 Å². The van der Waals surface area contributed by atoms with Crippen LogP contribution in [0.25, 0.3) is 0 Å². The molecule has 0 saturated carbocycles. The van der Waals surface area contributed by atoms with Crippen molar-refractivity contribution in [1.82, 2.24) is 20.2 Å². The van der Waals surface area contributed by atoms with Crippen molar-refractivity contribution in [3.63, 3.8) is 0 Å². The lowest BCUT2D eigenvalue weighted by Gasteiger charge is -2.25. The molecule has 1 saturated heterocycles. The van der Waals surface area contributed by atoms with Gasteiger partial charge in [0.25, 0.3) is 5.91 Å². The zero-order valence-corrected chi connectivity index (χ0v) is 14.9. The number of pyridine rings is 2. The number of amides is 2. The van der Waals surface area contributed by atoms with Crippen LogP contribution < -0.4 is 10.1 Å². The summed E-state index contributed by atoms with van der Waals surface area (Å²) in [6.45, 7) is 2.66. The van der Waals surface area contributed by atoms with Crippen molar-refractivity contribution in [2.75, 3.05) is 20.2 Å². The normalized spacial score (nSPS) is 19.5. The van der Waals surface area contributed by atoms with Gasteiger partial charge in [0.05, 0.1) is 12.6 Å². The van der Waals surface area contributed by atoms with Crippen molar-refractivity contribution < 1.29 is 14.3 Å². The smallest absolute Gasteiger partial charge is 0.256 e. The van der Waals surface area contributed by atoms with Gasteiger partial charge in [0, 0.05) is 44.5 Å². The number of ether oxygens (including phenoxy) is 1. The molecule has 1 fully saturated rings. The first-order valence-corrected chi connectivity index (χ1v) is 8.63. The van der Waals surface area contributed by atoms with Crippen LogP contribution in [0.2, 0.25) is 0 Å². The summed E-state index contributed by atoms with van der Waals surface area (Å²) in [7, 11) is 1.79. The molecular weight excluding hydrogens is 332 g/mol. The average molecular weight is 354 g/mol. The summed E-state index contributed by atoms with van der Waals surface area (Å²) in [5, 5.41) is 2.92. The fourth-order valence-corrected chi connectivity index (χ4v) is 3.32. The second-order valence-electron chi connectivity index (χ2n) is 6.20. The molecule has 1 N–H and O–H groups in total. The minimum Gasteiger partial charge on any atom is -0.477 e. The molecule has 2 atom stereocenters. The van der Waals surface area contributed by atoms with Crippen LogP contribution in [0.15, 0.2) is 42.9 Å². The average Bonchev–Trinajstić information content (AvgIpc) is 2.95. The van der Waals surface area contributed by atoms with Crippen LogP contribution in [-0.2, 0) is 4.79 Å². The Morgan fingerprint density at radius 2 is 2.15 bits per heavy atom. The Bertz CT molecular complexity index is 781. The summed E-state index contributed by atoms with van der Waals surface area (Å²) < 4.78 is 5.41. The zero-order valence-electron chi connectivity index (χ0n) is 14.9. The van der Waals surface area contributed by atoms with Gasteiger partial charge < -0.3 is 15.0 Å². The van der Waals surface area contributed by atoms with E-state index in [1.165, 1.54) is 0 Å². The maximum atomic E-state index is 12.6. The molecular formula is C19H22N4O3. The Morgan fingerprint density at radius 1 is 1.35 bits per heavy atom. The van der Waals surface area contributed by atoms with E-state index in [4.69, 9.17) is 4.74 Å². The molecule has 0 radical (unpaired) electrons. The summed E-state index contributed by atoms with van der Waals surface area (Å²) in [6.07, 6.45) is 5.45. The number of hydrogen-bond donors (Lipinski definition) is 1. The topological polar surface area (TPSA) is 84.4 Å². The fraction of sp³-hybridized carbons (Fsp3) is 0.368. The monoisotopic (exact) mass is 354 g/mol. The Hall–Kier alpha value is -2.96. The standard InChI is InChI=1S/C19H22N4O3/c1-3-26-19-15(7-5-9-21-19)18(25)22-12-14-10-16(24)23(2)17(14)13-6-4-8-20-11-13/h4-9,11,14,17H,3,10,12H2,1-2H3,(H,22,25)/t14-,17-/m0/s1. The summed E-state index contributed by atoms with van der Waals surface area (Å²) in [5.74, 6) is 0.103. The third-order valence-corrected chi connectivity index (χ3v) is 4.54. The van der Waals surface area contributed by atoms with Gasteiger partial charge in [0.15, 0.2) is 0 Å². The minimum atomic E-state index is -0.256. The number of rotatable bonds is 6. The summed E-state index contributed by atoms with van der Waals surface area (Å²) >= 11 is 0. The number of hydrogen-bond acceptors (Lipinski definition) is 5. The summed E-state index contributed by atoms with van der Waals surface area (Å²) in [6, 6.07) is 7.08. The highest BCUT2D eigenvalue weighted by atomic mass is 16.5. The van der Waals surface area contributed by atoms with E-state index in [2.05, 4.69) is 15.3 Å². The van der Waals surface area contributed by atoms with Crippen LogP contribution in [0.4, 0.5) is 0 Å². The van der Waals surface area contributed by atoms with Gasteiger partial charge in [-0.3, -0.25) is 14.6 Å². The Morgan fingerprint density at radius 3 is 2.88 bits per heavy atom. The van der Waals surface area contributed by atoms with Crippen molar-refractivity contribution in [2.24, 2.45) is 5.92 Å². The molecule has 136 valence electrons. The van der Waals surface area contributed by atoms with Crippen LogP contribution in [-0.4, -0.2) is 46.9 Å². The SMILES string of the molecule is CCOc1ncccc1C(=O)NC[C@@H]1CC(=O)N(C)[C@H]1c1cccnc1. The van der Waals surface area contributed by atoms with Crippen LogP contribution in [0.3, 0.4) is 0 Å². The molecule has 26 heavy (non-hydrogen) atoms. The summed E-state index contributed by atoms with van der Waals surface area (Å²) in [5.41, 5.74) is 1.36. The van der Waals surface area contributed by atoms with Crippen LogP contribution in [0.5, 0.6) is 5.88 Å². The molecule has 7 nitrogen and oxygen atoms in total. The van der Waals surface area contributed by atoms with Gasteiger partial charge >= 0.3 is 0 Å². The van der Waals surface area contributed by atoms with Gasteiger partial charge in [-0.25, -0.2) is 4.98 Å². The zero-order chi connectivity index (χ0) is 18.5. The first-order valence-electron chi connectivity index (χ1n) is 8.63. The summed E-state index contributed by atoms with van der Waals surface area (Å²) in [4.78, 5) is 34.7. The van der Waals surface area contributed by atoms with Gasteiger partial charge in [-0.15, -0.1) is 0 Å². The van der Waals surface area contributed by atoms with E-state index in [9.17, 15) is 9.59 Å². The van der Waals surface area contributed by atoms with E-state index in [-0.39, 0.29) is 23.8 Å². The van der Waals surface area contributed by atoms with E-state index in [1.807, 2.05) is 19.1 Å². The molecule has 3 heterocycles. The highest BCUT2D eigenvalue weighted by Crippen LogP contribution is 2.36. The molecule has 0 bridgehead atoms. The van der Waals surface area contributed by atoms with Gasteiger partial charge in [0.1, 0.15) is 5.56 Å². The van der Waals surface area contributed by atoms with E-state index in [0.29, 0.717) is 31.0 Å². The lowest BCUT2D eigenvalue weighted by Crippen LogP contribution is -2.33. The Balaban J connectivity index is 1.72. The van der Waals surface area contributed by atoms with Gasteiger partial charge in [-0.2, -0.15) is 0 Å². The molecule has 7 heteroatoms. The van der Waals surface area contributed by atoms with Crippen molar-refractivity contribution in [2.45, 2.75) is 19.4 Å². The van der Waals surface area contributed by atoms with E-state index in [1.54, 1.807) is 42.7 Å². The molecule has 0 aliphatic carbocycles. The van der Waals surface area contributed by atoms with Crippen LogP contribution in [0, 0.1) is 5.92 Å². The molecule has 0 aromatic carbocycles. The number of carbonyl (C=O) groups excluding carboxylic acids is 2. The highest BCUT2D eigenvalue weighted by Gasteiger charge is 2.38. The van der Waals surface area contributed by atoms with E-state index < -0.39 is 0 Å². The first-order chi connectivity index (χ1) is 12.6. The third kappa shape index (κ3) is 3.66. The number of carbonyl (C=O) groups is 2. The number of aromatic nitrogens is 2. The second-order valence-corrected chi connectivity index (χ2v) is 6.20. The molecule has 0 unspecified atom stereocenters. The molecule has 2 aromatic heterocycles. The lowest BCUT2D eigenvalue weighted by molar-refractivity contribution is -0.127. The maximum absolute atomic E-state index is 12.6. The Kier molecular flexibility index (Phi) is 5.46. The van der Waals surface area contributed by atoms with Crippen LogP contribution >= 0.6 is 0 Å². The van der Waals surface area contributed by atoms with E-state index >= 15 is 0 Å². The predicted octanol–water partition coefficient (Wildman–Crippen LogP) is 1.82. The van der Waals surface area contributed by atoms with Crippen molar-refractivity contribution in [1.29, 1.82) is 0 Å². The quantitative estimate of drug-likeness (QED) is 0.855. The molecule has 2 aromatic rings. The molecule has 2 amide bonds. The Labute approximate surface area is 152 Å². The van der Waals surface area contributed by atoms with Crippen molar-refractivity contribution in [3.8, 4) is 5.88 Å². The predicted molar refractivity (Wildman–Crippen MR) is 95.6 cm³/mol. The lowest BCUT2D eigenvalue weighted by atomic mass is 9.94. The molecule has 3 rings (SSSR count). The highest BCUT2D eigenvalue weighted by molar-refractivity contribution is 5.96. The van der Waals surface area contributed by atoms with Gasteiger partial charge in [0.2, 0.25) is 11.8 Å². The fourth-order valence-electron chi connectivity index (χ4n) is 3.32. The van der Waals surface area contributed by atoms with Gasteiger partial charge in [-0.1, -0.05) is 6.07 Å². The molecule has 0 spiro atoms. The molecule has 1 aliphatic rings. The van der Waals surface area contributed by atoms with Gasteiger partial charge in [-0.05, 0) is 30.7 Å². The number of nitrogens with one attached hydrogen (secondary N) is 1. The third-order valence-electron chi connectivity index (χ3n) is 4.54. The van der Waals surface area contributed by atoms with Crippen molar-refractivity contribution in [3.05, 3.63) is 54.0 Å². The second kappa shape index (κ2) is 7.95. The number of likely N-dealkylation sites (tertiary alicyclic amines) is 1. The maximum Gasteiger partial charge on any atom is 0.256 e. The first kappa shape index (κ1) is 17.8. The number of nitrogens with zero attached hydrogens (tertiary/aromatic N) is 3. The molecule has 1 aliphatic heterocycles.